The number of nitrogens with two attached hydrogens (primary N) is 1. The van der Waals surface area contributed by atoms with Gasteiger partial charge in [-0.05, 0) is 24.4 Å². The van der Waals surface area contributed by atoms with Crippen LogP contribution in [-0.4, -0.2) is 29.4 Å². The summed E-state index contributed by atoms with van der Waals surface area (Å²) < 4.78 is 4.02. The van der Waals surface area contributed by atoms with Crippen LogP contribution in [-0.2, 0) is 4.79 Å². The van der Waals surface area contributed by atoms with Gasteiger partial charge in [0.25, 0.3) is 0 Å². The zero-order valence-corrected chi connectivity index (χ0v) is 11.0. The van der Waals surface area contributed by atoms with Crippen LogP contribution in [0.2, 0.25) is 0 Å². The van der Waals surface area contributed by atoms with Gasteiger partial charge in [-0.2, -0.15) is 9.64 Å². The minimum absolute atomic E-state index is 0.00759. The molecule has 2 heterocycles. The van der Waals surface area contributed by atoms with Gasteiger partial charge in [-0.15, -0.1) is 0 Å². The fourth-order valence-electron chi connectivity index (χ4n) is 2.13. The van der Waals surface area contributed by atoms with Crippen LogP contribution in [0, 0.1) is 11.3 Å². The van der Waals surface area contributed by atoms with E-state index in [-0.39, 0.29) is 11.9 Å². The van der Waals surface area contributed by atoms with Gasteiger partial charge in [-0.3, -0.25) is 4.79 Å². The minimum Gasteiger partial charge on any atom is -0.382 e. The summed E-state index contributed by atoms with van der Waals surface area (Å²) in [5, 5.41) is 12.8. The standard InChI is InChI=1S/C11H15N5OS/c1-7(17)14-8-2-4-16(5-3-8)11-9(6-12)10(13)15-18-11/h8H,2-5H2,1H3,(H2,13,15)(H,14,17). The number of hydrogen-bond acceptors (Lipinski definition) is 6. The Morgan fingerprint density at radius 1 is 1.61 bits per heavy atom. The Labute approximate surface area is 110 Å². The Bertz CT molecular complexity index is 484. The number of carbonyl (C=O) groups is 1. The highest BCUT2D eigenvalue weighted by Crippen LogP contribution is 2.31. The number of piperidine rings is 1. The van der Waals surface area contributed by atoms with Crippen LogP contribution in [0.4, 0.5) is 10.8 Å². The van der Waals surface area contributed by atoms with Crippen LogP contribution in [0.3, 0.4) is 0 Å². The van der Waals surface area contributed by atoms with Gasteiger partial charge in [0.1, 0.15) is 16.6 Å². The molecule has 0 radical (unpaired) electrons. The predicted molar refractivity (Wildman–Crippen MR) is 70.3 cm³/mol. The first-order valence-electron chi connectivity index (χ1n) is 5.79. The second kappa shape index (κ2) is 5.23. The monoisotopic (exact) mass is 265 g/mol. The molecule has 0 atom stereocenters. The maximum atomic E-state index is 11.0. The number of carbonyl (C=O) groups excluding carboxylic acids is 1. The van der Waals surface area contributed by atoms with E-state index in [4.69, 9.17) is 11.0 Å². The summed E-state index contributed by atoms with van der Waals surface area (Å²) in [6, 6.07) is 2.33. The quantitative estimate of drug-likeness (QED) is 0.820. The minimum atomic E-state index is 0.00759. The van der Waals surface area contributed by atoms with E-state index < -0.39 is 0 Å². The molecule has 1 amide bonds. The van der Waals surface area contributed by atoms with Crippen LogP contribution in [0.5, 0.6) is 0 Å². The number of nitrogen functional groups attached to an aromatic ring is 1. The van der Waals surface area contributed by atoms with Crippen molar-refractivity contribution in [2.24, 2.45) is 0 Å². The van der Waals surface area contributed by atoms with E-state index >= 15 is 0 Å². The molecule has 0 unspecified atom stereocenters. The third-order valence-electron chi connectivity index (χ3n) is 3.00. The van der Waals surface area contributed by atoms with Gasteiger partial charge in [0, 0.05) is 26.1 Å². The molecule has 1 aromatic heterocycles. The molecule has 2 rings (SSSR count). The second-order valence-corrected chi connectivity index (χ2v) is 5.07. The van der Waals surface area contributed by atoms with Crippen LogP contribution in [0.15, 0.2) is 0 Å². The third-order valence-corrected chi connectivity index (χ3v) is 3.93. The number of anilines is 2. The van der Waals surface area contributed by atoms with Crippen LogP contribution < -0.4 is 16.0 Å². The van der Waals surface area contributed by atoms with E-state index in [1.807, 2.05) is 0 Å². The zero-order chi connectivity index (χ0) is 13.1. The molecule has 0 aliphatic carbocycles. The Kier molecular flexibility index (Phi) is 3.67. The van der Waals surface area contributed by atoms with Crippen LogP contribution in [0.1, 0.15) is 25.3 Å². The van der Waals surface area contributed by atoms with Crippen molar-refractivity contribution in [1.29, 1.82) is 5.26 Å². The lowest BCUT2D eigenvalue weighted by atomic mass is 10.1. The Morgan fingerprint density at radius 2 is 2.28 bits per heavy atom. The molecule has 18 heavy (non-hydrogen) atoms. The number of rotatable bonds is 2. The van der Waals surface area contributed by atoms with Gasteiger partial charge in [0.15, 0.2) is 5.82 Å². The van der Waals surface area contributed by atoms with Gasteiger partial charge in [-0.25, -0.2) is 0 Å². The van der Waals surface area contributed by atoms with Crippen molar-refractivity contribution >= 4 is 28.3 Å². The van der Waals surface area contributed by atoms with Gasteiger partial charge in [-0.1, -0.05) is 0 Å². The molecular weight excluding hydrogens is 250 g/mol. The number of nitrogens with one attached hydrogen (secondary N) is 1. The SMILES string of the molecule is CC(=O)NC1CCN(c2snc(N)c2C#N)CC1. The molecule has 96 valence electrons. The molecule has 0 aromatic carbocycles. The first-order valence-corrected chi connectivity index (χ1v) is 6.56. The van der Waals surface area contributed by atoms with E-state index in [1.54, 1.807) is 0 Å². The highest BCUT2D eigenvalue weighted by molar-refractivity contribution is 7.10. The molecule has 0 bridgehead atoms. The third kappa shape index (κ3) is 2.54. The number of amides is 1. The van der Waals surface area contributed by atoms with Crippen molar-refractivity contribution < 1.29 is 4.79 Å². The van der Waals surface area contributed by atoms with Crippen molar-refractivity contribution in [2.45, 2.75) is 25.8 Å². The molecule has 0 saturated carbocycles. The molecule has 7 heteroatoms. The number of nitrogens with zero attached hydrogens (tertiary/aromatic N) is 3. The molecule has 1 saturated heterocycles. The van der Waals surface area contributed by atoms with E-state index in [0.29, 0.717) is 11.4 Å². The van der Waals surface area contributed by atoms with Crippen molar-refractivity contribution in [1.82, 2.24) is 9.69 Å². The number of aromatic nitrogens is 1. The molecule has 1 aliphatic heterocycles. The predicted octanol–water partition coefficient (Wildman–Crippen LogP) is 0.702. The molecular formula is C11H15N5OS. The fourth-order valence-corrected chi connectivity index (χ4v) is 2.94. The summed E-state index contributed by atoms with van der Waals surface area (Å²) in [6.07, 6.45) is 1.75. The summed E-state index contributed by atoms with van der Waals surface area (Å²) in [5.41, 5.74) is 6.12. The van der Waals surface area contributed by atoms with Crippen molar-refractivity contribution in [3.8, 4) is 6.07 Å². The van der Waals surface area contributed by atoms with Crippen LogP contribution in [0.25, 0.3) is 0 Å². The molecule has 6 nitrogen and oxygen atoms in total. The van der Waals surface area contributed by atoms with Crippen molar-refractivity contribution in [2.75, 3.05) is 23.7 Å². The van der Waals surface area contributed by atoms with Crippen molar-refractivity contribution in [3.63, 3.8) is 0 Å². The molecule has 0 spiro atoms. The van der Waals surface area contributed by atoms with Gasteiger partial charge >= 0.3 is 0 Å². The maximum Gasteiger partial charge on any atom is 0.217 e. The summed E-state index contributed by atoms with van der Waals surface area (Å²) in [5.74, 6) is 0.315. The number of hydrogen-bond donors (Lipinski definition) is 2. The van der Waals surface area contributed by atoms with Gasteiger partial charge < -0.3 is 16.0 Å². The lowest BCUT2D eigenvalue weighted by Crippen LogP contribution is -2.44. The molecule has 1 aromatic rings. The van der Waals surface area contributed by atoms with Gasteiger partial charge in [0.2, 0.25) is 5.91 Å². The first kappa shape index (κ1) is 12.6. The van der Waals surface area contributed by atoms with Gasteiger partial charge in [0.05, 0.1) is 0 Å². The average Bonchev–Trinajstić information content (AvgIpc) is 2.70. The molecule has 1 fully saturated rings. The van der Waals surface area contributed by atoms with Crippen molar-refractivity contribution in [3.05, 3.63) is 5.56 Å². The lowest BCUT2D eigenvalue weighted by molar-refractivity contribution is -0.119. The fraction of sp³-hybridized carbons (Fsp3) is 0.545. The largest absolute Gasteiger partial charge is 0.382 e. The number of nitriles is 1. The Hall–Kier alpha value is -1.81. The summed E-state index contributed by atoms with van der Waals surface area (Å²) in [6.45, 7) is 3.15. The highest BCUT2D eigenvalue weighted by Gasteiger charge is 2.24. The average molecular weight is 265 g/mol. The first-order chi connectivity index (χ1) is 8.61. The maximum absolute atomic E-state index is 11.0. The topological polar surface area (TPSA) is 95.0 Å². The Balaban J connectivity index is 2.01. The molecule has 1 aliphatic rings. The Morgan fingerprint density at radius 3 is 2.83 bits per heavy atom. The van der Waals surface area contributed by atoms with E-state index in [2.05, 4.69) is 20.7 Å². The van der Waals surface area contributed by atoms with E-state index in [0.717, 1.165) is 30.9 Å². The summed E-state index contributed by atoms with van der Waals surface area (Å²) in [4.78, 5) is 13.1. The van der Waals surface area contributed by atoms with Crippen LogP contribution >= 0.6 is 11.5 Å². The molecule has 3 N–H and O–H groups in total. The van der Waals surface area contributed by atoms with E-state index in [1.165, 1.54) is 18.5 Å². The summed E-state index contributed by atoms with van der Waals surface area (Å²) in [7, 11) is 0. The lowest BCUT2D eigenvalue weighted by Gasteiger charge is -2.32. The highest BCUT2D eigenvalue weighted by atomic mass is 32.1. The zero-order valence-electron chi connectivity index (χ0n) is 10.1. The van der Waals surface area contributed by atoms with E-state index in [9.17, 15) is 4.79 Å². The summed E-state index contributed by atoms with van der Waals surface area (Å²) >= 11 is 1.26. The second-order valence-electron chi connectivity index (χ2n) is 4.32. The smallest absolute Gasteiger partial charge is 0.217 e. The normalized spacial score (nSPS) is 16.3.